The van der Waals surface area contributed by atoms with Crippen molar-refractivity contribution in [3.05, 3.63) is 17.0 Å². The lowest BCUT2D eigenvalue weighted by molar-refractivity contribution is -0.0564. The Bertz CT molecular complexity index is 596. The van der Waals surface area contributed by atoms with Crippen LogP contribution in [0.25, 0.3) is 0 Å². The maximum absolute atomic E-state index is 12.5. The molecule has 1 amide bonds. The first-order chi connectivity index (χ1) is 11.0. The van der Waals surface area contributed by atoms with E-state index in [2.05, 4.69) is 10.4 Å². The number of nitrogens with zero attached hydrogens (tertiary/aromatic N) is 2. The van der Waals surface area contributed by atoms with E-state index >= 15 is 0 Å². The number of carbonyl (C=O) groups excluding carboxylic acids is 1. The quantitative estimate of drug-likeness (QED) is 0.926. The van der Waals surface area contributed by atoms with Crippen molar-refractivity contribution in [3.63, 3.8) is 0 Å². The Balaban J connectivity index is 1.38. The van der Waals surface area contributed by atoms with Crippen LogP contribution in [0.5, 0.6) is 0 Å². The van der Waals surface area contributed by atoms with Crippen molar-refractivity contribution in [2.75, 3.05) is 6.54 Å². The fraction of sp³-hybridized carbons (Fsp3) is 0.789. The van der Waals surface area contributed by atoms with Crippen molar-refractivity contribution in [1.82, 2.24) is 15.1 Å². The molecule has 126 valence electrons. The fourth-order valence-corrected chi connectivity index (χ4v) is 6.23. The summed E-state index contributed by atoms with van der Waals surface area (Å²) in [5.41, 5.74) is 3.09. The molecule has 1 aromatic heterocycles. The van der Waals surface area contributed by atoms with Crippen LogP contribution in [0.2, 0.25) is 0 Å². The Kier molecular flexibility index (Phi) is 3.54. The predicted molar refractivity (Wildman–Crippen MR) is 90.2 cm³/mol. The minimum atomic E-state index is 0.0535. The van der Waals surface area contributed by atoms with Gasteiger partial charge in [0.25, 0.3) is 5.91 Å². The molecule has 1 heterocycles. The van der Waals surface area contributed by atoms with E-state index in [0.29, 0.717) is 5.41 Å². The summed E-state index contributed by atoms with van der Waals surface area (Å²) in [5.74, 6) is 3.01. The third-order valence-electron chi connectivity index (χ3n) is 6.84. The van der Waals surface area contributed by atoms with Crippen molar-refractivity contribution in [3.8, 4) is 0 Å². The Labute approximate surface area is 139 Å². The number of nitrogens with one attached hydrogen (secondary N) is 1. The molecule has 4 nitrogen and oxygen atoms in total. The summed E-state index contributed by atoms with van der Waals surface area (Å²) in [6.45, 7) is 4.70. The average molecular weight is 315 g/mol. The molecule has 0 aromatic carbocycles. The molecule has 0 unspecified atom stereocenters. The summed E-state index contributed by atoms with van der Waals surface area (Å²) < 4.78 is 1.79. The molecule has 0 saturated heterocycles. The Morgan fingerprint density at radius 1 is 1.17 bits per heavy atom. The molecule has 1 aromatic rings. The van der Waals surface area contributed by atoms with Gasteiger partial charge in [-0.05, 0) is 82.0 Å². The number of carbonyl (C=O) groups is 1. The second-order valence-electron chi connectivity index (χ2n) is 8.59. The maximum Gasteiger partial charge on any atom is 0.255 e. The minimum absolute atomic E-state index is 0.0535. The number of aromatic nitrogens is 2. The topological polar surface area (TPSA) is 46.9 Å². The molecule has 4 saturated carbocycles. The van der Waals surface area contributed by atoms with Gasteiger partial charge in [0.1, 0.15) is 0 Å². The highest BCUT2D eigenvalue weighted by Crippen LogP contribution is 2.61. The predicted octanol–water partition coefficient (Wildman–Crippen LogP) is 3.37. The van der Waals surface area contributed by atoms with Crippen molar-refractivity contribution in [2.24, 2.45) is 30.2 Å². The van der Waals surface area contributed by atoms with Crippen LogP contribution in [-0.4, -0.2) is 22.2 Å². The van der Waals surface area contributed by atoms with Crippen LogP contribution in [0.3, 0.4) is 0 Å². The summed E-state index contributed by atoms with van der Waals surface area (Å²) in [5, 5.41) is 7.53. The van der Waals surface area contributed by atoms with Gasteiger partial charge in [-0.2, -0.15) is 5.10 Å². The molecule has 0 atom stereocenters. The zero-order valence-corrected chi connectivity index (χ0v) is 14.7. The van der Waals surface area contributed by atoms with E-state index in [1.54, 1.807) is 4.68 Å². The number of amides is 1. The first kappa shape index (κ1) is 15.2. The van der Waals surface area contributed by atoms with E-state index < -0.39 is 0 Å². The van der Waals surface area contributed by atoms with Gasteiger partial charge in [-0.3, -0.25) is 9.48 Å². The van der Waals surface area contributed by atoms with Gasteiger partial charge in [0.15, 0.2) is 0 Å². The molecule has 4 aliphatic rings. The molecule has 0 spiro atoms. The highest BCUT2D eigenvalue weighted by molar-refractivity contribution is 5.96. The molecule has 0 aliphatic heterocycles. The lowest BCUT2D eigenvalue weighted by Crippen LogP contribution is -2.47. The monoisotopic (exact) mass is 315 g/mol. The van der Waals surface area contributed by atoms with E-state index in [1.165, 1.54) is 44.9 Å². The molecule has 4 fully saturated rings. The summed E-state index contributed by atoms with van der Waals surface area (Å²) in [6.07, 6.45) is 9.87. The summed E-state index contributed by atoms with van der Waals surface area (Å²) in [4.78, 5) is 12.5. The van der Waals surface area contributed by atoms with E-state index in [4.69, 9.17) is 0 Å². The number of hydrogen-bond donors (Lipinski definition) is 1. The molecule has 1 N–H and O–H groups in total. The Morgan fingerprint density at radius 3 is 2.22 bits per heavy atom. The van der Waals surface area contributed by atoms with Crippen molar-refractivity contribution in [2.45, 2.75) is 58.8 Å². The molecular weight excluding hydrogens is 286 g/mol. The zero-order valence-electron chi connectivity index (χ0n) is 14.7. The summed E-state index contributed by atoms with van der Waals surface area (Å²) >= 11 is 0. The largest absolute Gasteiger partial charge is 0.352 e. The highest BCUT2D eigenvalue weighted by atomic mass is 16.1. The molecular formula is C19H29N3O. The van der Waals surface area contributed by atoms with Crippen molar-refractivity contribution >= 4 is 5.91 Å². The van der Waals surface area contributed by atoms with Crippen molar-refractivity contribution < 1.29 is 4.79 Å². The maximum atomic E-state index is 12.5. The molecule has 0 radical (unpaired) electrons. The third-order valence-corrected chi connectivity index (χ3v) is 6.84. The van der Waals surface area contributed by atoms with Gasteiger partial charge in [-0.25, -0.2) is 0 Å². The minimum Gasteiger partial charge on any atom is -0.352 e. The van der Waals surface area contributed by atoms with Gasteiger partial charge < -0.3 is 5.32 Å². The zero-order chi connectivity index (χ0) is 16.2. The smallest absolute Gasteiger partial charge is 0.255 e. The van der Waals surface area contributed by atoms with Crippen LogP contribution in [0.4, 0.5) is 0 Å². The Morgan fingerprint density at radius 2 is 1.74 bits per heavy atom. The standard InChI is InChI=1S/C19H29N3O/c1-12-17(13(2)22(3)21-12)18(23)20-5-4-19-9-14-6-15(10-19)8-16(7-14)11-19/h14-16H,4-11H2,1-3H3,(H,20,23). The third kappa shape index (κ3) is 2.60. The van der Waals surface area contributed by atoms with Gasteiger partial charge in [0, 0.05) is 19.3 Å². The normalized spacial score (nSPS) is 34.8. The second-order valence-corrected chi connectivity index (χ2v) is 8.59. The molecule has 4 bridgehead atoms. The molecule has 4 heteroatoms. The number of rotatable bonds is 4. The molecule has 5 rings (SSSR count). The summed E-state index contributed by atoms with van der Waals surface area (Å²) in [7, 11) is 1.90. The number of hydrogen-bond acceptors (Lipinski definition) is 2. The fourth-order valence-electron chi connectivity index (χ4n) is 6.23. The van der Waals surface area contributed by atoms with Crippen LogP contribution in [0.1, 0.15) is 66.7 Å². The van der Waals surface area contributed by atoms with Gasteiger partial charge in [0.2, 0.25) is 0 Å². The van der Waals surface area contributed by atoms with Gasteiger partial charge in [0.05, 0.1) is 11.3 Å². The lowest BCUT2D eigenvalue weighted by Gasteiger charge is -2.57. The highest BCUT2D eigenvalue weighted by Gasteiger charge is 2.50. The van der Waals surface area contributed by atoms with Crippen molar-refractivity contribution in [1.29, 1.82) is 0 Å². The second kappa shape index (κ2) is 5.35. The first-order valence-electron chi connectivity index (χ1n) is 9.24. The lowest BCUT2D eigenvalue weighted by atomic mass is 9.49. The van der Waals surface area contributed by atoms with Crippen LogP contribution >= 0.6 is 0 Å². The van der Waals surface area contributed by atoms with E-state index in [1.807, 2.05) is 20.9 Å². The SMILES string of the molecule is Cc1nn(C)c(C)c1C(=O)NCCC12CC3CC(CC(C3)C1)C2. The van der Waals surface area contributed by atoms with Gasteiger partial charge >= 0.3 is 0 Å². The van der Waals surface area contributed by atoms with E-state index in [0.717, 1.165) is 41.2 Å². The van der Waals surface area contributed by atoms with Crippen LogP contribution in [0, 0.1) is 37.0 Å². The molecule has 4 aliphatic carbocycles. The van der Waals surface area contributed by atoms with Gasteiger partial charge in [-0.15, -0.1) is 0 Å². The summed E-state index contributed by atoms with van der Waals surface area (Å²) in [6, 6.07) is 0. The van der Waals surface area contributed by atoms with Crippen LogP contribution < -0.4 is 5.32 Å². The number of aryl methyl sites for hydroxylation is 2. The van der Waals surface area contributed by atoms with E-state index in [9.17, 15) is 4.79 Å². The van der Waals surface area contributed by atoms with E-state index in [-0.39, 0.29) is 5.91 Å². The average Bonchev–Trinajstić information content (AvgIpc) is 2.70. The first-order valence-corrected chi connectivity index (χ1v) is 9.24. The van der Waals surface area contributed by atoms with Gasteiger partial charge in [-0.1, -0.05) is 0 Å². The van der Waals surface area contributed by atoms with Crippen LogP contribution in [0.15, 0.2) is 0 Å². The Hall–Kier alpha value is -1.32. The van der Waals surface area contributed by atoms with Crippen LogP contribution in [-0.2, 0) is 7.05 Å². The molecule has 23 heavy (non-hydrogen) atoms.